The van der Waals surface area contributed by atoms with E-state index in [9.17, 15) is 22.4 Å². The average molecular weight is 449 g/mol. The molecule has 0 unspecified atom stereocenters. The Labute approximate surface area is 177 Å². The Kier molecular flexibility index (Phi) is 5.59. The second-order valence-corrected chi connectivity index (χ2v) is 7.57. The van der Waals surface area contributed by atoms with Gasteiger partial charge >= 0.3 is 6.18 Å². The molecule has 0 saturated heterocycles. The molecule has 0 aliphatic heterocycles. The normalized spacial score (nSPS) is 11.6. The van der Waals surface area contributed by atoms with Crippen LogP contribution in [0.1, 0.15) is 26.5 Å². The molecule has 3 heterocycles. The molecule has 160 valence electrons. The van der Waals surface area contributed by atoms with Gasteiger partial charge in [0.2, 0.25) is 0 Å². The molecule has 11 heteroatoms. The first-order valence-electron chi connectivity index (χ1n) is 9.04. The number of hydrogen-bond acceptors (Lipinski definition) is 4. The van der Waals surface area contributed by atoms with E-state index in [0.29, 0.717) is 21.8 Å². The van der Waals surface area contributed by atoms with Gasteiger partial charge in [-0.2, -0.15) is 23.4 Å². The quantitative estimate of drug-likeness (QED) is 0.436. The highest BCUT2D eigenvalue weighted by molar-refractivity contribution is 7.12. The van der Waals surface area contributed by atoms with Gasteiger partial charge in [-0.05, 0) is 29.1 Å². The third kappa shape index (κ3) is 5.00. The molecule has 4 aromatic rings. The Morgan fingerprint density at radius 1 is 1.03 bits per heavy atom. The van der Waals surface area contributed by atoms with E-state index < -0.39 is 17.8 Å². The van der Waals surface area contributed by atoms with E-state index in [4.69, 9.17) is 0 Å². The molecule has 0 atom stereocenters. The van der Waals surface area contributed by atoms with E-state index in [1.807, 2.05) is 0 Å². The summed E-state index contributed by atoms with van der Waals surface area (Å²) in [6, 6.07) is 10.4. The van der Waals surface area contributed by atoms with Crippen LogP contribution in [0.4, 0.5) is 23.4 Å². The molecule has 0 aliphatic rings. The van der Waals surface area contributed by atoms with Crippen LogP contribution in [-0.2, 0) is 19.3 Å². The SMILES string of the molecule is O=C(Nc1ccn(Cc2ccccc2F)n1)c1cc(Cn2ccc(C(F)(F)F)n2)cs1. The zero-order valence-electron chi connectivity index (χ0n) is 15.8. The minimum Gasteiger partial charge on any atom is -0.304 e. The first-order valence-corrected chi connectivity index (χ1v) is 9.92. The highest BCUT2D eigenvalue weighted by atomic mass is 32.1. The van der Waals surface area contributed by atoms with Crippen molar-refractivity contribution < 1.29 is 22.4 Å². The van der Waals surface area contributed by atoms with Crippen LogP contribution in [-0.4, -0.2) is 25.5 Å². The minimum absolute atomic E-state index is 0.108. The van der Waals surface area contributed by atoms with Gasteiger partial charge in [0, 0.05) is 24.0 Å². The Balaban J connectivity index is 1.38. The Morgan fingerprint density at radius 2 is 1.77 bits per heavy atom. The number of thiophene rings is 1. The van der Waals surface area contributed by atoms with Gasteiger partial charge in [-0.1, -0.05) is 18.2 Å². The lowest BCUT2D eigenvalue weighted by Gasteiger charge is -2.03. The van der Waals surface area contributed by atoms with E-state index in [-0.39, 0.29) is 18.9 Å². The molecule has 0 fully saturated rings. The highest BCUT2D eigenvalue weighted by Crippen LogP contribution is 2.27. The summed E-state index contributed by atoms with van der Waals surface area (Å²) in [6.45, 7) is 0.326. The van der Waals surface area contributed by atoms with E-state index >= 15 is 0 Å². The fraction of sp³-hybridized carbons (Fsp3) is 0.150. The number of rotatable bonds is 6. The number of aromatic nitrogens is 4. The van der Waals surface area contributed by atoms with E-state index in [0.717, 1.165) is 22.1 Å². The van der Waals surface area contributed by atoms with Gasteiger partial charge in [0.25, 0.3) is 5.91 Å². The number of halogens is 4. The number of amides is 1. The van der Waals surface area contributed by atoms with Crippen LogP contribution in [0.25, 0.3) is 0 Å². The van der Waals surface area contributed by atoms with Crippen molar-refractivity contribution in [3.05, 3.63) is 87.8 Å². The third-order valence-electron chi connectivity index (χ3n) is 4.33. The van der Waals surface area contributed by atoms with Crippen molar-refractivity contribution in [3.63, 3.8) is 0 Å². The molecular weight excluding hydrogens is 434 g/mol. The Hall–Kier alpha value is -3.47. The summed E-state index contributed by atoms with van der Waals surface area (Å²) in [7, 11) is 0. The van der Waals surface area contributed by atoms with Crippen LogP contribution in [0, 0.1) is 5.82 Å². The number of alkyl halides is 3. The predicted molar refractivity (Wildman–Crippen MR) is 106 cm³/mol. The smallest absolute Gasteiger partial charge is 0.304 e. The van der Waals surface area contributed by atoms with Crippen molar-refractivity contribution in [2.75, 3.05) is 5.32 Å². The number of anilines is 1. The molecule has 0 spiro atoms. The maximum atomic E-state index is 13.8. The van der Waals surface area contributed by atoms with Gasteiger partial charge in [-0.15, -0.1) is 11.3 Å². The van der Waals surface area contributed by atoms with Crippen LogP contribution >= 0.6 is 11.3 Å². The van der Waals surface area contributed by atoms with Crippen LogP contribution in [0.2, 0.25) is 0 Å². The number of nitrogens with zero attached hydrogens (tertiary/aromatic N) is 4. The highest BCUT2D eigenvalue weighted by Gasteiger charge is 2.33. The maximum absolute atomic E-state index is 13.8. The summed E-state index contributed by atoms with van der Waals surface area (Å²) in [5.74, 6) is -0.434. The van der Waals surface area contributed by atoms with Crippen LogP contribution in [0.3, 0.4) is 0 Å². The lowest BCUT2D eigenvalue weighted by molar-refractivity contribution is -0.141. The number of carbonyl (C=O) groups excluding carboxylic acids is 1. The second-order valence-electron chi connectivity index (χ2n) is 6.66. The van der Waals surface area contributed by atoms with Gasteiger partial charge in [0.05, 0.1) is 18.0 Å². The van der Waals surface area contributed by atoms with Crippen LogP contribution in [0.15, 0.2) is 60.2 Å². The van der Waals surface area contributed by atoms with E-state index in [1.54, 1.807) is 41.9 Å². The molecule has 4 rings (SSSR count). The molecule has 0 radical (unpaired) electrons. The molecule has 0 bridgehead atoms. The van der Waals surface area contributed by atoms with Crippen molar-refractivity contribution in [3.8, 4) is 0 Å². The predicted octanol–water partition coefficient (Wildman–Crippen LogP) is 4.65. The van der Waals surface area contributed by atoms with Crippen molar-refractivity contribution in [2.45, 2.75) is 19.3 Å². The van der Waals surface area contributed by atoms with E-state index in [2.05, 4.69) is 15.5 Å². The number of nitrogens with one attached hydrogen (secondary N) is 1. The van der Waals surface area contributed by atoms with Crippen molar-refractivity contribution >= 4 is 23.1 Å². The van der Waals surface area contributed by atoms with E-state index in [1.165, 1.54) is 16.9 Å². The second kappa shape index (κ2) is 8.34. The fourth-order valence-electron chi connectivity index (χ4n) is 2.86. The van der Waals surface area contributed by atoms with Crippen molar-refractivity contribution in [1.29, 1.82) is 0 Å². The lowest BCUT2D eigenvalue weighted by Crippen LogP contribution is -2.11. The summed E-state index contributed by atoms with van der Waals surface area (Å²) in [5.41, 5.74) is 0.155. The molecule has 1 aromatic carbocycles. The van der Waals surface area contributed by atoms with Gasteiger partial charge < -0.3 is 5.32 Å². The first kappa shape index (κ1) is 20.8. The van der Waals surface area contributed by atoms with Crippen LogP contribution < -0.4 is 5.32 Å². The molecule has 1 amide bonds. The average Bonchev–Trinajstić information content (AvgIpc) is 3.45. The molecule has 1 N–H and O–H groups in total. The zero-order valence-corrected chi connectivity index (χ0v) is 16.6. The van der Waals surface area contributed by atoms with Gasteiger partial charge in [-0.25, -0.2) is 4.39 Å². The fourth-order valence-corrected chi connectivity index (χ4v) is 3.66. The number of carbonyl (C=O) groups is 1. The Morgan fingerprint density at radius 3 is 2.52 bits per heavy atom. The summed E-state index contributed by atoms with van der Waals surface area (Å²) in [5, 5.41) is 12.0. The van der Waals surface area contributed by atoms with Gasteiger partial charge in [-0.3, -0.25) is 14.2 Å². The minimum atomic E-state index is -4.50. The topological polar surface area (TPSA) is 64.7 Å². The molecule has 31 heavy (non-hydrogen) atoms. The van der Waals surface area contributed by atoms with Crippen molar-refractivity contribution in [2.24, 2.45) is 0 Å². The number of hydrogen-bond donors (Lipinski definition) is 1. The molecular formula is C20H15F4N5OS. The Bertz CT molecular complexity index is 1210. The van der Waals surface area contributed by atoms with Crippen LogP contribution in [0.5, 0.6) is 0 Å². The summed E-state index contributed by atoms with van der Waals surface area (Å²) < 4.78 is 54.4. The van der Waals surface area contributed by atoms with Crippen molar-refractivity contribution in [1.82, 2.24) is 19.6 Å². The third-order valence-corrected chi connectivity index (χ3v) is 5.30. The van der Waals surface area contributed by atoms with Gasteiger partial charge in [0.1, 0.15) is 5.82 Å². The largest absolute Gasteiger partial charge is 0.435 e. The number of benzene rings is 1. The molecule has 6 nitrogen and oxygen atoms in total. The summed E-state index contributed by atoms with van der Waals surface area (Å²) >= 11 is 1.16. The summed E-state index contributed by atoms with van der Waals surface area (Å²) in [6.07, 6.45) is -1.64. The monoisotopic (exact) mass is 449 g/mol. The zero-order chi connectivity index (χ0) is 22.0. The van der Waals surface area contributed by atoms with Gasteiger partial charge in [0.15, 0.2) is 11.5 Å². The summed E-state index contributed by atoms with van der Waals surface area (Å²) in [4.78, 5) is 12.8. The molecule has 0 aliphatic carbocycles. The molecule has 3 aromatic heterocycles. The molecule has 0 saturated carbocycles. The first-order chi connectivity index (χ1) is 14.8. The lowest BCUT2D eigenvalue weighted by atomic mass is 10.2. The standard InChI is InChI=1S/C20H15F4N5OS/c21-15-4-2-1-3-14(15)11-29-8-6-18(27-29)25-19(30)16-9-13(12-31-16)10-28-7-5-17(26-28)20(22,23)24/h1-9,12H,10-11H2,(H,25,27,30). The maximum Gasteiger partial charge on any atom is 0.435 e.